The van der Waals surface area contributed by atoms with Crippen molar-refractivity contribution in [2.75, 3.05) is 12.4 Å². The third kappa shape index (κ3) is 3.05. The van der Waals surface area contributed by atoms with Crippen LogP contribution in [-0.4, -0.2) is 28.8 Å². The van der Waals surface area contributed by atoms with Crippen molar-refractivity contribution in [3.63, 3.8) is 0 Å². The number of rotatable bonds is 4. The van der Waals surface area contributed by atoms with Crippen LogP contribution in [0.3, 0.4) is 0 Å². The highest BCUT2D eigenvalue weighted by atomic mass is 32.1. The number of nitrogens with zero attached hydrogens (tertiary/aromatic N) is 2. The Kier molecular flexibility index (Phi) is 4.44. The molecule has 28 heavy (non-hydrogen) atoms. The van der Waals surface area contributed by atoms with Crippen LogP contribution < -0.4 is 10.9 Å². The van der Waals surface area contributed by atoms with E-state index >= 15 is 0 Å². The zero-order valence-electron chi connectivity index (χ0n) is 15.0. The van der Waals surface area contributed by atoms with E-state index in [1.807, 2.05) is 19.1 Å². The monoisotopic (exact) mass is 397 g/mol. The average Bonchev–Trinajstić information content (AvgIpc) is 3.29. The summed E-state index contributed by atoms with van der Waals surface area (Å²) in [4.78, 5) is 36.8. The molecule has 4 aromatic rings. The molecule has 9 heteroatoms. The van der Waals surface area contributed by atoms with E-state index in [1.165, 1.54) is 29.3 Å². The summed E-state index contributed by atoms with van der Waals surface area (Å²) in [5.41, 5.74) is 1.81. The van der Waals surface area contributed by atoms with Gasteiger partial charge in [0.15, 0.2) is 0 Å². The Bertz CT molecular complexity index is 1280. The minimum absolute atomic E-state index is 0.132. The maximum absolute atomic E-state index is 12.6. The zero-order valence-corrected chi connectivity index (χ0v) is 15.8. The van der Waals surface area contributed by atoms with E-state index in [9.17, 15) is 14.4 Å². The lowest BCUT2D eigenvalue weighted by Gasteiger charge is -2.08. The van der Waals surface area contributed by atoms with Crippen LogP contribution in [0.4, 0.5) is 5.69 Å². The van der Waals surface area contributed by atoms with Crippen LogP contribution in [0, 0.1) is 6.92 Å². The topological polar surface area (TPSA) is 103 Å². The number of esters is 1. The van der Waals surface area contributed by atoms with Crippen LogP contribution in [-0.2, 0) is 16.1 Å². The smallest absolute Gasteiger partial charge is 0.350 e. The van der Waals surface area contributed by atoms with E-state index in [2.05, 4.69) is 10.4 Å². The molecule has 0 aliphatic heterocycles. The van der Waals surface area contributed by atoms with Gasteiger partial charge in [-0.05, 0) is 30.5 Å². The fourth-order valence-electron chi connectivity index (χ4n) is 3.00. The number of methoxy groups -OCH3 is 1. The Morgan fingerprint density at radius 2 is 2.11 bits per heavy atom. The molecule has 0 unspecified atom stereocenters. The summed E-state index contributed by atoms with van der Waals surface area (Å²) in [7, 11) is 1.28. The summed E-state index contributed by atoms with van der Waals surface area (Å²) in [6, 6.07) is 7.07. The molecule has 1 N–H and O–H groups in total. The van der Waals surface area contributed by atoms with Gasteiger partial charge in [0.05, 0.1) is 24.5 Å². The van der Waals surface area contributed by atoms with Crippen molar-refractivity contribution in [1.29, 1.82) is 0 Å². The Morgan fingerprint density at radius 1 is 1.29 bits per heavy atom. The van der Waals surface area contributed by atoms with Crippen LogP contribution in [0.1, 0.15) is 15.2 Å². The number of amides is 1. The maximum Gasteiger partial charge on any atom is 0.350 e. The minimum Gasteiger partial charge on any atom is -0.465 e. The number of ether oxygens (including phenoxy) is 1. The summed E-state index contributed by atoms with van der Waals surface area (Å²) < 4.78 is 11.5. The fourth-order valence-corrected chi connectivity index (χ4v) is 3.76. The predicted octanol–water partition coefficient (Wildman–Crippen LogP) is 2.94. The quantitative estimate of drug-likeness (QED) is 0.419. The normalized spacial score (nSPS) is 11.1. The molecule has 4 rings (SSSR count). The molecule has 1 aromatic carbocycles. The number of hydrogen-bond donors (Lipinski definition) is 1. The second-order valence-corrected chi connectivity index (χ2v) is 7.07. The van der Waals surface area contributed by atoms with Crippen molar-refractivity contribution >= 4 is 50.8 Å². The van der Waals surface area contributed by atoms with Gasteiger partial charge >= 0.3 is 11.6 Å². The van der Waals surface area contributed by atoms with Gasteiger partial charge in [-0.1, -0.05) is 11.6 Å². The van der Waals surface area contributed by atoms with Crippen LogP contribution in [0.25, 0.3) is 21.9 Å². The predicted molar refractivity (Wildman–Crippen MR) is 105 cm³/mol. The molecule has 142 valence electrons. The molecule has 0 spiro atoms. The maximum atomic E-state index is 12.6. The fraction of sp³-hybridized carbons (Fsp3) is 0.158. The molecule has 1 amide bonds. The van der Waals surface area contributed by atoms with Crippen LogP contribution in [0.15, 0.2) is 45.1 Å². The first-order chi connectivity index (χ1) is 13.5. The van der Waals surface area contributed by atoms with Crippen molar-refractivity contribution in [2.45, 2.75) is 13.5 Å². The molecule has 0 bridgehead atoms. The molecular weight excluding hydrogens is 382 g/mol. The number of hydrogen-bond acceptors (Lipinski definition) is 7. The molecule has 0 aliphatic carbocycles. The summed E-state index contributed by atoms with van der Waals surface area (Å²) in [6.45, 7) is 1.79. The molecule has 0 fully saturated rings. The number of aryl methyl sites for hydroxylation is 1. The number of benzene rings is 1. The summed E-state index contributed by atoms with van der Waals surface area (Å²) in [5.74, 6) is -0.906. The van der Waals surface area contributed by atoms with Gasteiger partial charge in [0, 0.05) is 5.39 Å². The van der Waals surface area contributed by atoms with E-state index < -0.39 is 11.6 Å². The van der Waals surface area contributed by atoms with Crippen LogP contribution >= 0.6 is 11.3 Å². The highest BCUT2D eigenvalue weighted by Crippen LogP contribution is 2.25. The lowest BCUT2D eigenvalue weighted by atomic mass is 10.1. The van der Waals surface area contributed by atoms with E-state index in [4.69, 9.17) is 9.15 Å². The van der Waals surface area contributed by atoms with Crippen molar-refractivity contribution in [3.05, 3.63) is 56.7 Å². The number of nitrogens with one attached hydrogen (secondary N) is 1. The highest BCUT2D eigenvalue weighted by molar-refractivity contribution is 7.12. The van der Waals surface area contributed by atoms with Gasteiger partial charge in [0.25, 0.3) is 0 Å². The molecule has 8 nitrogen and oxygen atoms in total. The third-order valence-electron chi connectivity index (χ3n) is 4.26. The van der Waals surface area contributed by atoms with E-state index in [1.54, 1.807) is 17.5 Å². The molecule has 0 saturated heterocycles. The Labute approximate surface area is 162 Å². The van der Waals surface area contributed by atoms with E-state index in [0.29, 0.717) is 32.4 Å². The van der Waals surface area contributed by atoms with Crippen molar-refractivity contribution < 1.29 is 18.7 Å². The summed E-state index contributed by atoms with van der Waals surface area (Å²) in [5, 5.41) is 9.57. The largest absolute Gasteiger partial charge is 0.465 e. The molecule has 3 aromatic heterocycles. The van der Waals surface area contributed by atoms with Gasteiger partial charge < -0.3 is 14.5 Å². The summed E-state index contributed by atoms with van der Waals surface area (Å²) in [6.07, 6.45) is 1.39. The first-order valence-corrected chi connectivity index (χ1v) is 9.20. The Hall–Kier alpha value is -3.46. The van der Waals surface area contributed by atoms with E-state index in [0.717, 1.165) is 5.56 Å². The lowest BCUT2D eigenvalue weighted by molar-refractivity contribution is -0.116. The van der Waals surface area contributed by atoms with Crippen LogP contribution in [0.5, 0.6) is 0 Å². The molecule has 0 aliphatic rings. The highest BCUT2D eigenvalue weighted by Gasteiger charge is 2.18. The summed E-state index contributed by atoms with van der Waals surface area (Å²) >= 11 is 1.17. The Balaban J connectivity index is 1.71. The zero-order chi connectivity index (χ0) is 19.8. The molecule has 0 radical (unpaired) electrons. The number of carbonyl (C=O) groups is 2. The second-order valence-electron chi connectivity index (χ2n) is 6.16. The average molecular weight is 397 g/mol. The van der Waals surface area contributed by atoms with Crippen molar-refractivity contribution in [2.24, 2.45) is 0 Å². The standard InChI is InChI=1S/C19H15N3O5S/c1-10-3-4-14-11(7-10)16-12(18(24)27-14)8-20-22(16)9-15(23)21-13-5-6-28-17(13)19(25)26-2/h3-8H,9H2,1-2H3,(H,21,23). The van der Waals surface area contributed by atoms with Gasteiger partial charge in [0.2, 0.25) is 5.91 Å². The van der Waals surface area contributed by atoms with Gasteiger partial charge in [-0.15, -0.1) is 11.3 Å². The van der Waals surface area contributed by atoms with Gasteiger partial charge in [-0.25, -0.2) is 9.59 Å². The Morgan fingerprint density at radius 3 is 2.89 bits per heavy atom. The van der Waals surface area contributed by atoms with Crippen molar-refractivity contribution in [1.82, 2.24) is 9.78 Å². The first-order valence-electron chi connectivity index (χ1n) is 8.32. The number of anilines is 1. The first kappa shape index (κ1) is 17.9. The van der Waals surface area contributed by atoms with Gasteiger partial charge in [-0.2, -0.15) is 5.10 Å². The molecule has 0 saturated carbocycles. The number of aromatic nitrogens is 2. The molecular formula is C19H15N3O5S. The third-order valence-corrected chi connectivity index (χ3v) is 5.15. The molecule has 0 atom stereocenters. The second kappa shape index (κ2) is 6.93. The minimum atomic E-state index is -0.520. The number of thiophene rings is 1. The lowest BCUT2D eigenvalue weighted by Crippen LogP contribution is -2.20. The number of fused-ring (bicyclic) bond motifs is 3. The van der Waals surface area contributed by atoms with E-state index in [-0.39, 0.29) is 12.5 Å². The molecule has 3 heterocycles. The van der Waals surface area contributed by atoms with Crippen molar-refractivity contribution in [3.8, 4) is 0 Å². The SMILES string of the molecule is COC(=O)c1sccc1NC(=O)Cn1ncc2c(=O)oc3ccc(C)cc3c21. The number of carbonyl (C=O) groups excluding carboxylic acids is 2. The van der Waals surface area contributed by atoms with Gasteiger partial charge in [-0.3, -0.25) is 9.48 Å². The van der Waals surface area contributed by atoms with Gasteiger partial charge in [0.1, 0.15) is 22.4 Å². The van der Waals surface area contributed by atoms with Crippen LogP contribution in [0.2, 0.25) is 0 Å².